The van der Waals surface area contributed by atoms with Gasteiger partial charge in [0.2, 0.25) is 0 Å². The molecular weight excluding hydrogens is 188 g/mol. The lowest BCUT2D eigenvalue weighted by molar-refractivity contribution is 0.470. The van der Waals surface area contributed by atoms with Crippen molar-refractivity contribution in [2.24, 2.45) is 5.73 Å². The Bertz CT molecular complexity index is 425. The predicted molar refractivity (Wildman–Crippen MR) is 59.7 cm³/mol. The summed E-state index contributed by atoms with van der Waals surface area (Å²) in [4.78, 5) is 4.24. The maximum atomic E-state index is 5.60. The molecule has 15 heavy (non-hydrogen) atoms. The van der Waals surface area contributed by atoms with Gasteiger partial charge in [0.25, 0.3) is 0 Å². The fourth-order valence-corrected chi connectivity index (χ4v) is 1.65. The molecule has 2 aromatic heterocycles. The third kappa shape index (κ3) is 1.85. The highest BCUT2D eigenvalue weighted by Crippen LogP contribution is 2.25. The topological polar surface area (TPSA) is 56.2 Å². The molecule has 4 heteroatoms. The Morgan fingerprint density at radius 3 is 2.93 bits per heavy atom. The van der Waals surface area contributed by atoms with E-state index in [1.165, 1.54) is 0 Å². The van der Waals surface area contributed by atoms with Crippen molar-refractivity contribution in [2.75, 3.05) is 6.54 Å². The van der Waals surface area contributed by atoms with Gasteiger partial charge in [0.15, 0.2) is 5.65 Å². The molecule has 2 rings (SSSR count). The van der Waals surface area contributed by atoms with Gasteiger partial charge in [-0.15, -0.1) is 0 Å². The smallest absolute Gasteiger partial charge is 0.155 e. The number of hydrogen-bond acceptors (Lipinski definition) is 3. The van der Waals surface area contributed by atoms with Crippen molar-refractivity contribution in [1.82, 2.24) is 14.6 Å². The molecule has 0 unspecified atom stereocenters. The molecule has 0 saturated carbocycles. The molecule has 0 aliphatic heterocycles. The minimum Gasteiger partial charge on any atom is -0.330 e. The summed E-state index contributed by atoms with van der Waals surface area (Å²) in [5.74, 6) is 0. The lowest BCUT2D eigenvalue weighted by Gasteiger charge is -2.20. The van der Waals surface area contributed by atoms with Crippen LogP contribution in [-0.4, -0.2) is 21.1 Å². The van der Waals surface area contributed by atoms with E-state index in [1.54, 1.807) is 10.7 Å². The monoisotopic (exact) mass is 204 g/mol. The molecule has 0 spiro atoms. The molecule has 0 aromatic carbocycles. The van der Waals surface area contributed by atoms with Gasteiger partial charge in [-0.3, -0.25) is 0 Å². The summed E-state index contributed by atoms with van der Waals surface area (Å²) in [6.07, 6.45) is 4.61. The second-order valence-corrected chi connectivity index (χ2v) is 4.37. The molecule has 0 amide bonds. The summed E-state index contributed by atoms with van der Waals surface area (Å²) in [6.45, 7) is 4.98. The van der Waals surface area contributed by atoms with Crippen molar-refractivity contribution in [2.45, 2.75) is 25.7 Å². The number of nitrogens with zero attached hydrogens (tertiary/aromatic N) is 3. The van der Waals surface area contributed by atoms with Crippen molar-refractivity contribution < 1.29 is 0 Å². The Morgan fingerprint density at radius 2 is 2.27 bits per heavy atom. The van der Waals surface area contributed by atoms with Gasteiger partial charge in [-0.1, -0.05) is 13.8 Å². The average molecular weight is 204 g/mol. The van der Waals surface area contributed by atoms with Crippen LogP contribution in [0.3, 0.4) is 0 Å². The fourth-order valence-electron chi connectivity index (χ4n) is 1.65. The first kappa shape index (κ1) is 10.1. The molecule has 0 aliphatic rings. The van der Waals surface area contributed by atoms with Crippen LogP contribution in [0.15, 0.2) is 24.5 Å². The van der Waals surface area contributed by atoms with Gasteiger partial charge in [0, 0.05) is 23.9 Å². The normalized spacial score (nSPS) is 12.2. The average Bonchev–Trinajstić information content (AvgIpc) is 2.61. The minimum absolute atomic E-state index is 0.0163. The molecule has 0 atom stereocenters. The van der Waals surface area contributed by atoms with E-state index in [9.17, 15) is 0 Å². The van der Waals surface area contributed by atoms with E-state index < -0.39 is 0 Å². The Balaban J connectivity index is 2.44. The summed E-state index contributed by atoms with van der Waals surface area (Å²) in [7, 11) is 0. The van der Waals surface area contributed by atoms with Crippen LogP contribution in [0.4, 0.5) is 0 Å². The van der Waals surface area contributed by atoms with Gasteiger partial charge in [-0.2, -0.15) is 5.10 Å². The van der Waals surface area contributed by atoms with Crippen molar-refractivity contribution in [3.05, 3.63) is 30.2 Å². The third-order valence-corrected chi connectivity index (χ3v) is 2.70. The van der Waals surface area contributed by atoms with Crippen LogP contribution in [-0.2, 0) is 5.41 Å². The molecule has 0 saturated heterocycles. The van der Waals surface area contributed by atoms with Gasteiger partial charge in [-0.25, -0.2) is 9.50 Å². The summed E-state index contributed by atoms with van der Waals surface area (Å²) in [5.41, 5.74) is 7.55. The zero-order valence-electron chi connectivity index (χ0n) is 9.14. The van der Waals surface area contributed by atoms with E-state index >= 15 is 0 Å². The zero-order valence-corrected chi connectivity index (χ0v) is 9.14. The predicted octanol–water partition coefficient (Wildman–Crippen LogP) is 1.36. The molecule has 4 nitrogen and oxygen atoms in total. The van der Waals surface area contributed by atoms with Crippen LogP contribution < -0.4 is 5.73 Å². The van der Waals surface area contributed by atoms with Gasteiger partial charge >= 0.3 is 0 Å². The fraction of sp³-hybridized carbons (Fsp3) is 0.455. The molecule has 80 valence electrons. The Kier molecular flexibility index (Phi) is 2.44. The van der Waals surface area contributed by atoms with Crippen LogP contribution in [0, 0.1) is 0 Å². The van der Waals surface area contributed by atoms with Crippen LogP contribution in [0.1, 0.15) is 26.0 Å². The van der Waals surface area contributed by atoms with E-state index in [-0.39, 0.29) is 5.41 Å². The first-order chi connectivity index (χ1) is 7.13. The van der Waals surface area contributed by atoms with E-state index in [0.29, 0.717) is 6.54 Å². The summed E-state index contributed by atoms with van der Waals surface area (Å²) in [6, 6.07) is 3.90. The van der Waals surface area contributed by atoms with Gasteiger partial charge in [0.1, 0.15) is 0 Å². The van der Waals surface area contributed by atoms with Gasteiger partial charge in [0.05, 0.1) is 5.69 Å². The first-order valence-corrected chi connectivity index (χ1v) is 5.14. The number of aromatic nitrogens is 3. The van der Waals surface area contributed by atoms with Crippen LogP contribution in [0.2, 0.25) is 0 Å². The number of fused-ring (bicyclic) bond motifs is 1. The second-order valence-electron chi connectivity index (χ2n) is 4.37. The Hall–Kier alpha value is -1.42. The van der Waals surface area contributed by atoms with Crippen molar-refractivity contribution >= 4 is 5.65 Å². The second kappa shape index (κ2) is 3.62. The highest BCUT2D eigenvalue weighted by molar-refractivity contribution is 5.40. The Labute approximate surface area is 89.1 Å². The molecule has 0 aliphatic carbocycles. The highest BCUT2D eigenvalue weighted by atomic mass is 15.2. The molecule has 0 bridgehead atoms. The van der Waals surface area contributed by atoms with E-state index in [1.807, 2.05) is 18.3 Å². The lowest BCUT2D eigenvalue weighted by Crippen LogP contribution is -2.22. The molecule has 2 N–H and O–H groups in total. The number of nitrogens with two attached hydrogens (primary N) is 1. The van der Waals surface area contributed by atoms with Crippen LogP contribution >= 0.6 is 0 Å². The molecular formula is C11H16N4. The highest BCUT2D eigenvalue weighted by Gasteiger charge is 2.23. The summed E-state index contributed by atoms with van der Waals surface area (Å²) >= 11 is 0. The van der Waals surface area contributed by atoms with E-state index in [2.05, 4.69) is 23.9 Å². The number of rotatable bonds is 3. The zero-order chi connectivity index (χ0) is 10.9. The summed E-state index contributed by atoms with van der Waals surface area (Å²) < 4.78 is 1.80. The minimum atomic E-state index is 0.0163. The molecule has 0 fully saturated rings. The molecule has 2 aromatic rings. The third-order valence-electron chi connectivity index (χ3n) is 2.70. The SMILES string of the molecule is CC(C)(CCN)c1cc2ncccn2n1. The maximum absolute atomic E-state index is 5.60. The number of hydrogen-bond donors (Lipinski definition) is 1. The molecule has 2 heterocycles. The first-order valence-electron chi connectivity index (χ1n) is 5.14. The Morgan fingerprint density at radius 1 is 1.47 bits per heavy atom. The largest absolute Gasteiger partial charge is 0.330 e. The lowest BCUT2D eigenvalue weighted by atomic mass is 9.86. The maximum Gasteiger partial charge on any atom is 0.155 e. The van der Waals surface area contributed by atoms with Gasteiger partial charge in [-0.05, 0) is 19.0 Å². The van der Waals surface area contributed by atoms with E-state index in [4.69, 9.17) is 5.73 Å². The van der Waals surface area contributed by atoms with Crippen LogP contribution in [0.5, 0.6) is 0 Å². The molecule has 0 radical (unpaired) electrons. The van der Waals surface area contributed by atoms with Crippen molar-refractivity contribution in [3.63, 3.8) is 0 Å². The summed E-state index contributed by atoms with van der Waals surface area (Å²) in [5, 5.41) is 4.50. The van der Waals surface area contributed by atoms with Crippen molar-refractivity contribution in [3.8, 4) is 0 Å². The standard InChI is InChI=1S/C11H16N4/c1-11(2,4-5-12)9-8-10-13-6-3-7-15(10)14-9/h3,6-8H,4-5,12H2,1-2H3. The van der Waals surface area contributed by atoms with Gasteiger partial charge < -0.3 is 5.73 Å². The van der Waals surface area contributed by atoms with Crippen LogP contribution in [0.25, 0.3) is 5.65 Å². The quantitative estimate of drug-likeness (QED) is 0.821. The van der Waals surface area contributed by atoms with Crippen molar-refractivity contribution in [1.29, 1.82) is 0 Å². The van der Waals surface area contributed by atoms with E-state index in [0.717, 1.165) is 17.8 Å².